The molecule has 1 atom stereocenters. The number of hydrogen-bond donors (Lipinski definition) is 1. The van der Waals surface area contributed by atoms with Crippen molar-refractivity contribution >= 4 is 39.2 Å². The van der Waals surface area contributed by atoms with Crippen LogP contribution in [0.2, 0.25) is 5.15 Å². The van der Waals surface area contributed by atoms with E-state index in [4.69, 9.17) is 16.3 Å². The van der Waals surface area contributed by atoms with E-state index < -0.39 is 27.9 Å². The summed E-state index contributed by atoms with van der Waals surface area (Å²) in [6.45, 7) is 5.56. The van der Waals surface area contributed by atoms with Gasteiger partial charge in [0.25, 0.3) is 0 Å². The van der Waals surface area contributed by atoms with Crippen molar-refractivity contribution in [2.45, 2.75) is 17.2 Å². The summed E-state index contributed by atoms with van der Waals surface area (Å²) in [6, 6.07) is 7.74. The second-order valence-electron chi connectivity index (χ2n) is 10.8. The van der Waals surface area contributed by atoms with E-state index in [2.05, 4.69) is 15.2 Å². The van der Waals surface area contributed by atoms with Gasteiger partial charge < -0.3 is 15.0 Å². The Morgan fingerprint density at radius 1 is 1.07 bits per heavy atom. The Bertz CT molecular complexity index is 1390. The number of nitrogens with one attached hydrogen (secondary N) is 1. The molecular weight excluding hydrogens is 573 g/mol. The van der Waals surface area contributed by atoms with Crippen LogP contribution in [0, 0.1) is 5.41 Å². The van der Waals surface area contributed by atoms with Gasteiger partial charge >= 0.3 is 12.3 Å². The van der Waals surface area contributed by atoms with Crippen LogP contribution in [0.25, 0.3) is 0 Å². The van der Waals surface area contributed by atoms with Crippen LogP contribution in [0.15, 0.2) is 41.3 Å². The summed E-state index contributed by atoms with van der Waals surface area (Å²) in [5.74, 6) is 0.0469. The van der Waals surface area contributed by atoms with Crippen molar-refractivity contribution in [2.75, 3.05) is 75.2 Å². The van der Waals surface area contributed by atoms with Gasteiger partial charge in [0.1, 0.15) is 17.1 Å². The van der Waals surface area contributed by atoms with Gasteiger partial charge in [-0.15, -0.1) is 0 Å². The van der Waals surface area contributed by atoms with E-state index in [0.717, 1.165) is 38.3 Å². The number of anilines is 2. The van der Waals surface area contributed by atoms with Gasteiger partial charge in [-0.3, -0.25) is 9.80 Å². The maximum atomic E-state index is 13.3. The summed E-state index contributed by atoms with van der Waals surface area (Å²) < 4.78 is 72.9. The number of nitrogens with zero attached hydrogens (tertiary/aromatic N) is 5. The number of sulfonamides is 1. The lowest BCUT2D eigenvalue weighted by molar-refractivity contribution is -0.137. The van der Waals surface area contributed by atoms with E-state index in [9.17, 15) is 26.4 Å². The minimum atomic E-state index is -4.57. The lowest BCUT2D eigenvalue weighted by atomic mass is 9.74. The smallest absolute Gasteiger partial charge is 0.416 e. The van der Waals surface area contributed by atoms with Crippen molar-refractivity contribution in [1.29, 1.82) is 0 Å². The number of ether oxygens (including phenoxy) is 1. The molecule has 1 aromatic carbocycles. The number of alkyl halides is 3. The molecule has 4 saturated heterocycles. The van der Waals surface area contributed by atoms with Gasteiger partial charge in [0.2, 0.25) is 10.0 Å². The number of likely N-dealkylation sites (tertiary alicyclic amines) is 1. The van der Waals surface area contributed by atoms with Gasteiger partial charge in [0, 0.05) is 70.0 Å². The van der Waals surface area contributed by atoms with Crippen LogP contribution in [0.4, 0.5) is 29.5 Å². The van der Waals surface area contributed by atoms with Gasteiger partial charge in [-0.05, 0) is 36.4 Å². The fourth-order valence-corrected chi connectivity index (χ4v) is 7.39. The fourth-order valence-electron chi connectivity index (χ4n) is 5.76. The lowest BCUT2D eigenvalue weighted by Crippen LogP contribution is -2.71. The lowest BCUT2D eigenvalue weighted by Gasteiger charge is -2.56. The number of piperazine rings is 1. The van der Waals surface area contributed by atoms with Crippen molar-refractivity contribution in [3.63, 3.8) is 0 Å². The number of pyridine rings is 1. The number of rotatable bonds is 6. The van der Waals surface area contributed by atoms with E-state index in [-0.39, 0.29) is 48.1 Å². The Kier molecular flexibility index (Phi) is 6.89. The molecule has 15 heteroatoms. The molecule has 0 saturated carbocycles. The molecule has 4 fully saturated rings. The zero-order valence-corrected chi connectivity index (χ0v) is 23.0. The molecule has 0 aliphatic carbocycles. The van der Waals surface area contributed by atoms with Crippen molar-refractivity contribution in [3.05, 3.63) is 47.1 Å². The first-order valence-electron chi connectivity index (χ1n) is 12.9. The summed E-state index contributed by atoms with van der Waals surface area (Å²) in [5.41, 5.74) is 0.0250. The Hall–Kier alpha value is -2.65. The van der Waals surface area contributed by atoms with E-state index in [1.54, 1.807) is 17.0 Å². The maximum Gasteiger partial charge on any atom is 0.416 e. The first-order chi connectivity index (χ1) is 18.9. The number of benzene rings is 1. The number of hydrogen-bond acceptors (Lipinski definition) is 8. The third-order valence-electron chi connectivity index (χ3n) is 7.91. The molecule has 0 radical (unpaired) electrons. The van der Waals surface area contributed by atoms with Gasteiger partial charge in [-0.2, -0.15) is 17.5 Å². The number of cyclic esters (lactones) is 1. The SMILES string of the molecule is O=C1OC(CN2CC3(CNC3)C2)CN1c1ccc(S(=O)(=O)N2CCN(c3cc(C(F)(F)F)cc(Cl)n3)CC2)cc1. The average molecular weight is 601 g/mol. The average Bonchev–Trinajstić information content (AvgIpc) is 3.24. The predicted octanol–water partition coefficient (Wildman–Crippen LogP) is 2.50. The quantitative estimate of drug-likeness (QED) is 0.505. The highest BCUT2D eigenvalue weighted by Gasteiger charge is 2.48. The van der Waals surface area contributed by atoms with Crippen LogP contribution < -0.4 is 15.1 Å². The summed E-state index contributed by atoms with van der Waals surface area (Å²) in [4.78, 5) is 21.9. The van der Waals surface area contributed by atoms with Crippen LogP contribution >= 0.6 is 11.6 Å². The van der Waals surface area contributed by atoms with Gasteiger partial charge in [0.05, 0.1) is 17.0 Å². The first kappa shape index (κ1) is 27.5. The third kappa shape index (κ3) is 5.22. The molecule has 1 unspecified atom stereocenters. The maximum absolute atomic E-state index is 13.3. The number of halogens is 4. The molecule has 0 bridgehead atoms. The highest BCUT2D eigenvalue weighted by Crippen LogP contribution is 2.35. The highest BCUT2D eigenvalue weighted by atomic mass is 35.5. The molecule has 4 aliphatic heterocycles. The molecular formula is C25H28ClF3N6O4S. The molecule has 2 aromatic rings. The van der Waals surface area contributed by atoms with Crippen LogP contribution in [-0.2, 0) is 20.9 Å². The van der Waals surface area contributed by atoms with E-state index >= 15 is 0 Å². The van der Waals surface area contributed by atoms with Crippen molar-refractivity contribution in [2.24, 2.45) is 5.41 Å². The van der Waals surface area contributed by atoms with Crippen molar-refractivity contribution in [1.82, 2.24) is 19.5 Å². The molecule has 1 aromatic heterocycles. The Morgan fingerprint density at radius 2 is 1.75 bits per heavy atom. The first-order valence-corrected chi connectivity index (χ1v) is 14.7. The van der Waals surface area contributed by atoms with Crippen molar-refractivity contribution in [3.8, 4) is 0 Å². The molecule has 5 heterocycles. The van der Waals surface area contributed by atoms with Crippen LogP contribution in [-0.4, -0.2) is 100 Å². The van der Waals surface area contributed by atoms with E-state index in [0.29, 0.717) is 24.2 Å². The second-order valence-corrected chi connectivity index (χ2v) is 13.1. The van der Waals surface area contributed by atoms with E-state index in [1.807, 2.05) is 0 Å². The molecule has 4 aliphatic rings. The van der Waals surface area contributed by atoms with Gasteiger partial charge in [0.15, 0.2) is 0 Å². The predicted molar refractivity (Wildman–Crippen MR) is 141 cm³/mol. The molecule has 216 valence electrons. The number of aromatic nitrogens is 1. The molecule has 1 amide bonds. The molecule has 40 heavy (non-hydrogen) atoms. The summed E-state index contributed by atoms with van der Waals surface area (Å²) >= 11 is 5.80. The molecule has 1 spiro atoms. The number of carbonyl (C=O) groups is 1. The summed E-state index contributed by atoms with van der Waals surface area (Å²) in [5, 5.41) is 3.01. The molecule has 1 N–H and O–H groups in total. The third-order valence-corrected chi connectivity index (χ3v) is 10.0. The topological polar surface area (TPSA) is 98.3 Å². The Labute approximate surface area is 234 Å². The highest BCUT2D eigenvalue weighted by molar-refractivity contribution is 7.89. The number of amides is 1. The molecule has 6 rings (SSSR count). The Balaban J connectivity index is 1.06. The minimum absolute atomic E-state index is 0.0469. The number of carbonyl (C=O) groups excluding carboxylic acids is 1. The minimum Gasteiger partial charge on any atom is -0.443 e. The monoisotopic (exact) mass is 600 g/mol. The fraction of sp³-hybridized carbons (Fsp3) is 0.520. The largest absolute Gasteiger partial charge is 0.443 e. The van der Waals surface area contributed by atoms with Crippen LogP contribution in [0.3, 0.4) is 0 Å². The standard InChI is InChI=1S/C25H28ClF3N6O4S/c26-21-9-17(25(27,28)29)10-22(31-21)33-5-7-34(8-6-33)40(37,38)20-3-1-18(2-4-20)35-12-19(39-23(35)36)11-32-15-24(16-32)13-30-14-24/h1-4,9-10,19,30H,5-8,11-16H2. The molecule has 10 nitrogen and oxygen atoms in total. The van der Waals surface area contributed by atoms with Crippen LogP contribution in [0.5, 0.6) is 0 Å². The summed E-state index contributed by atoms with van der Waals surface area (Å²) in [6.07, 6.45) is -5.28. The zero-order chi connectivity index (χ0) is 28.3. The van der Waals surface area contributed by atoms with Crippen LogP contribution in [0.1, 0.15) is 5.56 Å². The Morgan fingerprint density at radius 3 is 2.35 bits per heavy atom. The van der Waals surface area contributed by atoms with Gasteiger partial charge in [-0.25, -0.2) is 18.2 Å². The van der Waals surface area contributed by atoms with Gasteiger partial charge in [-0.1, -0.05) is 11.6 Å². The normalized spacial score (nSPS) is 23.7. The summed E-state index contributed by atoms with van der Waals surface area (Å²) in [7, 11) is -3.86. The van der Waals surface area contributed by atoms with E-state index in [1.165, 1.54) is 21.3 Å². The van der Waals surface area contributed by atoms with Crippen molar-refractivity contribution < 1.29 is 31.1 Å². The zero-order valence-electron chi connectivity index (χ0n) is 21.4. The second kappa shape index (κ2) is 10.0.